The van der Waals surface area contributed by atoms with Gasteiger partial charge in [0.25, 0.3) is 0 Å². The lowest BCUT2D eigenvalue weighted by atomic mass is 10.1. The normalized spacial score (nSPS) is 25.9. The minimum atomic E-state index is 0.717. The van der Waals surface area contributed by atoms with Gasteiger partial charge in [0.05, 0.1) is 0 Å². The van der Waals surface area contributed by atoms with Crippen molar-refractivity contribution in [3.05, 3.63) is 29.8 Å². The van der Waals surface area contributed by atoms with Crippen molar-refractivity contribution in [3.63, 3.8) is 0 Å². The molecule has 0 saturated carbocycles. The molecular formula is C13H18N2. The van der Waals surface area contributed by atoms with Gasteiger partial charge in [-0.1, -0.05) is 18.2 Å². The molecular weight excluding hydrogens is 184 g/mol. The Morgan fingerprint density at radius 2 is 2.07 bits per heavy atom. The molecule has 2 nitrogen and oxygen atoms in total. The Kier molecular flexibility index (Phi) is 2.17. The lowest BCUT2D eigenvalue weighted by Gasteiger charge is -2.25. The van der Waals surface area contributed by atoms with Crippen LogP contribution in [0, 0.1) is 0 Å². The standard InChI is InChI=1S/C13H18N2/c1-14-7-4-8-15-12(10-14)9-11-5-2-3-6-13(11)15/h2-3,5-6,12H,4,7-10H2,1H3. The maximum atomic E-state index is 2.61. The van der Waals surface area contributed by atoms with Gasteiger partial charge < -0.3 is 9.80 Å². The third-order valence-corrected chi connectivity index (χ3v) is 3.66. The molecule has 0 aromatic heterocycles. The molecule has 80 valence electrons. The molecule has 0 spiro atoms. The van der Waals surface area contributed by atoms with Crippen molar-refractivity contribution in [3.8, 4) is 0 Å². The van der Waals surface area contributed by atoms with Crippen LogP contribution in [0.5, 0.6) is 0 Å². The van der Waals surface area contributed by atoms with Crippen LogP contribution < -0.4 is 4.90 Å². The lowest BCUT2D eigenvalue weighted by Crippen LogP contribution is -2.37. The van der Waals surface area contributed by atoms with Gasteiger partial charge in [0.1, 0.15) is 0 Å². The number of likely N-dealkylation sites (N-methyl/N-ethyl adjacent to an activating group) is 1. The summed E-state index contributed by atoms with van der Waals surface area (Å²) < 4.78 is 0. The zero-order valence-corrected chi connectivity index (χ0v) is 9.32. The topological polar surface area (TPSA) is 6.48 Å². The Hall–Kier alpha value is -1.02. The molecule has 1 unspecified atom stereocenters. The molecule has 0 amide bonds. The average Bonchev–Trinajstić information content (AvgIpc) is 2.46. The highest BCUT2D eigenvalue weighted by atomic mass is 15.2. The fraction of sp³-hybridized carbons (Fsp3) is 0.538. The average molecular weight is 202 g/mol. The predicted octanol–water partition coefficient (Wildman–Crippen LogP) is 1.75. The SMILES string of the molecule is CN1CCCN2c3ccccc3CC2C1. The van der Waals surface area contributed by atoms with Gasteiger partial charge >= 0.3 is 0 Å². The molecule has 1 saturated heterocycles. The molecule has 1 aromatic carbocycles. The number of para-hydroxylation sites is 1. The Bertz CT molecular complexity index is 361. The lowest BCUT2D eigenvalue weighted by molar-refractivity contribution is 0.333. The number of nitrogens with zero attached hydrogens (tertiary/aromatic N) is 2. The molecule has 0 aliphatic carbocycles. The number of hydrogen-bond donors (Lipinski definition) is 0. The van der Waals surface area contributed by atoms with E-state index in [1.54, 1.807) is 0 Å². The molecule has 2 aliphatic rings. The van der Waals surface area contributed by atoms with E-state index in [2.05, 4.69) is 41.1 Å². The molecule has 2 heterocycles. The molecule has 2 aliphatic heterocycles. The van der Waals surface area contributed by atoms with Crippen LogP contribution in [-0.4, -0.2) is 37.6 Å². The van der Waals surface area contributed by atoms with Gasteiger partial charge in [-0.15, -0.1) is 0 Å². The van der Waals surface area contributed by atoms with Crippen molar-refractivity contribution in [2.24, 2.45) is 0 Å². The highest BCUT2D eigenvalue weighted by molar-refractivity contribution is 5.59. The first-order chi connectivity index (χ1) is 7.34. The van der Waals surface area contributed by atoms with E-state index >= 15 is 0 Å². The number of hydrogen-bond acceptors (Lipinski definition) is 2. The quantitative estimate of drug-likeness (QED) is 0.632. The summed E-state index contributed by atoms with van der Waals surface area (Å²) in [6, 6.07) is 9.60. The molecule has 0 radical (unpaired) electrons. The van der Waals surface area contributed by atoms with E-state index in [0.717, 1.165) is 6.04 Å². The molecule has 2 heteroatoms. The minimum Gasteiger partial charge on any atom is -0.367 e. The predicted molar refractivity (Wildman–Crippen MR) is 63.4 cm³/mol. The van der Waals surface area contributed by atoms with E-state index < -0.39 is 0 Å². The van der Waals surface area contributed by atoms with Gasteiger partial charge in [0.2, 0.25) is 0 Å². The number of anilines is 1. The van der Waals surface area contributed by atoms with Crippen LogP contribution in [-0.2, 0) is 6.42 Å². The molecule has 0 bridgehead atoms. The largest absolute Gasteiger partial charge is 0.367 e. The van der Waals surface area contributed by atoms with E-state index in [9.17, 15) is 0 Å². The maximum Gasteiger partial charge on any atom is 0.0458 e. The highest BCUT2D eigenvalue weighted by Gasteiger charge is 2.30. The molecule has 3 rings (SSSR count). The van der Waals surface area contributed by atoms with Crippen molar-refractivity contribution in [2.45, 2.75) is 18.9 Å². The summed E-state index contributed by atoms with van der Waals surface area (Å²) in [5.41, 5.74) is 3.02. The van der Waals surface area contributed by atoms with E-state index in [-0.39, 0.29) is 0 Å². The van der Waals surface area contributed by atoms with Crippen molar-refractivity contribution < 1.29 is 0 Å². The van der Waals surface area contributed by atoms with Gasteiger partial charge in [-0.05, 0) is 38.1 Å². The van der Waals surface area contributed by atoms with Crippen LogP contribution in [0.4, 0.5) is 5.69 Å². The van der Waals surface area contributed by atoms with Crippen LogP contribution >= 0.6 is 0 Å². The summed E-state index contributed by atoms with van der Waals surface area (Å²) in [6.45, 7) is 3.69. The molecule has 1 atom stereocenters. The second-order valence-electron chi connectivity index (χ2n) is 4.80. The third-order valence-electron chi connectivity index (χ3n) is 3.66. The summed E-state index contributed by atoms with van der Waals surface area (Å²) in [6.07, 6.45) is 2.53. The zero-order chi connectivity index (χ0) is 10.3. The monoisotopic (exact) mass is 202 g/mol. The summed E-state index contributed by atoms with van der Waals surface area (Å²) in [5.74, 6) is 0. The highest BCUT2D eigenvalue weighted by Crippen LogP contribution is 2.33. The van der Waals surface area contributed by atoms with Crippen LogP contribution in [0.2, 0.25) is 0 Å². The fourth-order valence-electron chi connectivity index (χ4n) is 2.95. The van der Waals surface area contributed by atoms with Crippen molar-refractivity contribution in [1.82, 2.24) is 4.90 Å². The zero-order valence-electron chi connectivity index (χ0n) is 9.32. The van der Waals surface area contributed by atoms with Crippen molar-refractivity contribution in [1.29, 1.82) is 0 Å². The van der Waals surface area contributed by atoms with Gasteiger partial charge in [0, 0.05) is 24.8 Å². The van der Waals surface area contributed by atoms with Gasteiger partial charge in [-0.3, -0.25) is 0 Å². The summed E-state index contributed by atoms with van der Waals surface area (Å²) in [4.78, 5) is 5.08. The first kappa shape index (κ1) is 9.22. The summed E-state index contributed by atoms with van der Waals surface area (Å²) in [5, 5.41) is 0. The Balaban J connectivity index is 1.93. The fourth-order valence-corrected chi connectivity index (χ4v) is 2.95. The van der Waals surface area contributed by atoms with Crippen LogP contribution in [0.15, 0.2) is 24.3 Å². The minimum absolute atomic E-state index is 0.717. The summed E-state index contributed by atoms with van der Waals surface area (Å²) in [7, 11) is 2.24. The smallest absolute Gasteiger partial charge is 0.0458 e. The number of fused-ring (bicyclic) bond motifs is 3. The molecule has 1 fully saturated rings. The van der Waals surface area contributed by atoms with Gasteiger partial charge in [-0.2, -0.15) is 0 Å². The molecule has 1 aromatic rings. The number of rotatable bonds is 0. The van der Waals surface area contributed by atoms with Crippen molar-refractivity contribution in [2.75, 3.05) is 31.6 Å². The summed E-state index contributed by atoms with van der Waals surface area (Å²) >= 11 is 0. The van der Waals surface area contributed by atoms with E-state index in [1.807, 2.05) is 0 Å². The Morgan fingerprint density at radius 3 is 3.00 bits per heavy atom. The van der Waals surface area contributed by atoms with Crippen molar-refractivity contribution >= 4 is 5.69 Å². The Labute approximate surface area is 91.5 Å². The van der Waals surface area contributed by atoms with Crippen LogP contribution in [0.25, 0.3) is 0 Å². The van der Waals surface area contributed by atoms with Crippen LogP contribution in [0.1, 0.15) is 12.0 Å². The first-order valence-electron chi connectivity index (χ1n) is 5.88. The molecule has 15 heavy (non-hydrogen) atoms. The molecule has 0 N–H and O–H groups in total. The third kappa shape index (κ3) is 1.53. The second-order valence-corrected chi connectivity index (χ2v) is 4.80. The second kappa shape index (κ2) is 3.53. The number of benzene rings is 1. The van der Waals surface area contributed by atoms with Gasteiger partial charge in [-0.25, -0.2) is 0 Å². The van der Waals surface area contributed by atoms with Gasteiger partial charge in [0.15, 0.2) is 0 Å². The van der Waals surface area contributed by atoms with E-state index in [0.29, 0.717) is 0 Å². The van der Waals surface area contributed by atoms with E-state index in [1.165, 1.54) is 43.7 Å². The Morgan fingerprint density at radius 1 is 1.20 bits per heavy atom. The van der Waals surface area contributed by atoms with E-state index in [4.69, 9.17) is 0 Å². The first-order valence-corrected chi connectivity index (χ1v) is 5.88. The maximum absolute atomic E-state index is 2.61. The van der Waals surface area contributed by atoms with Crippen LogP contribution in [0.3, 0.4) is 0 Å².